The van der Waals surface area contributed by atoms with Crippen LogP contribution >= 0.6 is 0 Å². The predicted molar refractivity (Wildman–Crippen MR) is 56.7 cm³/mol. The van der Waals surface area contributed by atoms with Gasteiger partial charge in [0.25, 0.3) is 0 Å². The topological polar surface area (TPSA) is 83.6 Å². The Morgan fingerprint density at radius 1 is 1.50 bits per heavy atom. The van der Waals surface area contributed by atoms with Crippen molar-refractivity contribution >= 4 is 5.97 Å². The first kappa shape index (κ1) is 12.4. The fraction of sp³-hybridized carbons (Fsp3) is 0.364. The first-order valence-corrected chi connectivity index (χ1v) is 4.89. The van der Waals surface area contributed by atoms with Gasteiger partial charge in [-0.25, -0.2) is 4.39 Å². The molecule has 4 N–H and O–H groups in total. The summed E-state index contributed by atoms with van der Waals surface area (Å²) in [6.45, 7) is -0.640. The van der Waals surface area contributed by atoms with E-state index < -0.39 is 18.7 Å². The van der Waals surface area contributed by atoms with Crippen molar-refractivity contribution in [2.24, 2.45) is 5.73 Å². The molecular formula is C11H14FNO3. The average molecular weight is 227 g/mol. The highest BCUT2D eigenvalue weighted by molar-refractivity contribution is 5.66. The van der Waals surface area contributed by atoms with Crippen LogP contribution in [0.3, 0.4) is 0 Å². The van der Waals surface area contributed by atoms with Crippen LogP contribution in [0.2, 0.25) is 0 Å². The van der Waals surface area contributed by atoms with Gasteiger partial charge in [0, 0.05) is 18.0 Å². The number of aliphatic carboxylic acids is 1. The lowest BCUT2D eigenvalue weighted by molar-refractivity contribution is -0.137. The molecule has 0 radical (unpaired) electrons. The molecule has 0 aliphatic heterocycles. The van der Waals surface area contributed by atoms with Gasteiger partial charge >= 0.3 is 5.97 Å². The molecule has 1 aromatic rings. The van der Waals surface area contributed by atoms with Crippen LogP contribution in [0.5, 0.6) is 5.75 Å². The maximum atomic E-state index is 12.4. The Morgan fingerprint density at radius 3 is 2.75 bits per heavy atom. The number of carboxylic acids is 1. The number of aromatic hydroxyl groups is 1. The molecule has 0 heterocycles. The molecule has 0 aliphatic carbocycles. The van der Waals surface area contributed by atoms with E-state index in [9.17, 15) is 14.3 Å². The monoisotopic (exact) mass is 227 g/mol. The second-order valence-electron chi connectivity index (χ2n) is 3.57. The summed E-state index contributed by atoms with van der Waals surface area (Å²) in [7, 11) is 0. The highest BCUT2D eigenvalue weighted by Gasteiger charge is 2.13. The molecule has 0 spiro atoms. The number of benzene rings is 1. The number of phenolic OH excluding ortho intramolecular Hbond substituents is 1. The molecule has 16 heavy (non-hydrogen) atoms. The van der Waals surface area contributed by atoms with E-state index in [0.29, 0.717) is 11.1 Å². The Kier molecular flexibility index (Phi) is 4.25. The molecule has 88 valence electrons. The molecular weight excluding hydrogens is 213 g/mol. The second-order valence-corrected chi connectivity index (χ2v) is 3.57. The maximum Gasteiger partial charge on any atom is 0.303 e. The molecule has 4 nitrogen and oxygen atoms in total. The number of halogens is 1. The Balaban J connectivity index is 2.80. The second kappa shape index (κ2) is 5.46. The molecule has 0 saturated heterocycles. The molecule has 0 saturated carbocycles. The number of nitrogens with two attached hydrogens (primary N) is 1. The minimum absolute atomic E-state index is 0.0323. The number of hydrogen-bond donors (Lipinski definition) is 3. The van der Waals surface area contributed by atoms with Gasteiger partial charge in [0.2, 0.25) is 0 Å². The van der Waals surface area contributed by atoms with Gasteiger partial charge in [-0.15, -0.1) is 0 Å². The van der Waals surface area contributed by atoms with Crippen LogP contribution < -0.4 is 5.73 Å². The normalized spacial score (nSPS) is 12.4. The molecule has 1 aromatic carbocycles. The van der Waals surface area contributed by atoms with Crippen LogP contribution in [0.25, 0.3) is 0 Å². The predicted octanol–water partition coefficient (Wildman–Crippen LogP) is 1.73. The van der Waals surface area contributed by atoms with Gasteiger partial charge in [-0.1, -0.05) is 6.07 Å². The van der Waals surface area contributed by atoms with Crippen LogP contribution in [0, 0.1) is 0 Å². The maximum absolute atomic E-state index is 12.4. The summed E-state index contributed by atoms with van der Waals surface area (Å²) in [6.07, 6.45) is 0.124. The third-order valence-corrected chi connectivity index (χ3v) is 2.31. The van der Waals surface area contributed by atoms with Gasteiger partial charge in [-0.2, -0.15) is 0 Å². The van der Waals surface area contributed by atoms with Gasteiger partial charge in [-0.05, 0) is 24.1 Å². The zero-order chi connectivity index (χ0) is 12.1. The van der Waals surface area contributed by atoms with E-state index in [1.165, 1.54) is 18.2 Å². The lowest BCUT2D eigenvalue weighted by Crippen LogP contribution is -2.12. The largest absolute Gasteiger partial charge is 0.508 e. The summed E-state index contributed by atoms with van der Waals surface area (Å²) >= 11 is 0. The minimum Gasteiger partial charge on any atom is -0.508 e. The summed E-state index contributed by atoms with van der Waals surface area (Å²) in [6, 6.07) is 3.69. The molecule has 0 aromatic heterocycles. The summed E-state index contributed by atoms with van der Waals surface area (Å²) in [5.74, 6) is -0.980. The van der Waals surface area contributed by atoms with Gasteiger partial charge in [0.05, 0.1) is 0 Å². The number of carboxylic acid groups (broad SMARTS) is 1. The van der Waals surface area contributed by atoms with Crippen molar-refractivity contribution in [1.82, 2.24) is 0 Å². The molecule has 1 unspecified atom stereocenters. The smallest absolute Gasteiger partial charge is 0.303 e. The Morgan fingerprint density at radius 2 is 2.19 bits per heavy atom. The molecule has 0 aliphatic rings. The third kappa shape index (κ3) is 3.20. The van der Waals surface area contributed by atoms with E-state index in [1.54, 1.807) is 0 Å². The highest BCUT2D eigenvalue weighted by Crippen LogP contribution is 2.26. The number of hydrogen-bond acceptors (Lipinski definition) is 3. The molecule has 0 bridgehead atoms. The van der Waals surface area contributed by atoms with Crippen molar-refractivity contribution in [2.45, 2.75) is 25.6 Å². The first-order chi connectivity index (χ1) is 7.54. The van der Waals surface area contributed by atoms with Crippen LogP contribution in [0.1, 0.15) is 30.0 Å². The molecule has 1 atom stereocenters. The number of carbonyl (C=O) groups is 1. The van der Waals surface area contributed by atoms with Crippen molar-refractivity contribution in [3.05, 3.63) is 29.3 Å². The van der Waals surface area contributed by atoms with Crippen LogP contribution in [0.15, 0.2) is 18.2 Å². The van der Waals surface area contributed by atoms with Crippen LogP contribution in [-0.2, 0) is 11.5 Å². The standard InChI is InChI=1S/C11H14FNO3/c12-6-7-1-3-10(14)8(5-7)9(13)2-4-11(15)16/h1,3,5,9,14H,2,4,6,13H2,(H,15,16). The first-order valence-electron chi connectivity index (χ1n) is 4.89. The Bertz CT molecular complexity index is 381. The van der Waals surface area contributed by atoms with Crippen molar-refractivity contribution in [2.75, 3.05) is 0 Å². The summed E-state index contributed by atoms with van der Waals surface area (Å²) in [5, 5.41) is 18.0. The van der Waals surface area contributed by atoms with E-state index in [4.69, 9.17) is 10.8 Å². The Hall–Kier alpha value is -1.62. The van der Waals surface area contributed by atoms with Crippen molar-refractivity contribution in [3.8, 4) is 5.75 Å². The third-order valence-electron chi connectivity index (χ3n) is 2.31. The zero-order valence-corrected chi connectivity index (χ0v) is 8.69. The number of phenols is 1. The minimum atomic E-state index is -0.948. The van der Waals surface area contributed by atoms with Gasteiger partial charge < -0.3 is 15.9 Å². The fourth-order valence-electron chi connectivity index (χ4n) is 1.42. The van der Waals surface area contributed by atoms with Crippen LogP contribution in [0.4, 0.5) is 4.39 Å². The van der Waals surface area contributed by atoms with Gasteiger partial charge in [0.15, 0.2) is 0 Å². The van der Waals surface area contributed by atoms with E-state index in [2.05, 4.69) is 0 Å². The summed E-state index contributed by atoms with van der Waals surface area (Å²) in [4.78, 5) is 10.4. The molecule has 1 rings (SSSR count). The van der Waals surface area contributed by atoms with Crippen molar-refractivity contribution in [1.29, 1.82) is 0 Å². The average Bonchev–Trinajstić information content (AvgIpc) is 2.26. The molecule has 5 heteroatoms. The van der Waals surface area contributed by atoms with Gasteiger partial charge in [-0.3, -0.25) is 4.79 Å². The Labute approximate surface area is 92.5 Å². The molecule has 0 amide bonds. The molecule has 0 fully saturated rings. The van der Waals surface area contributed by atoms with Crippen molar-refractivity contribution in [3.63, 3.8) is 0 Å². The number of rotatable bonds is 5. The summed E-state index contributed by atoms with van der Waals surface area (Å²) < 4.78 is 12.4. The lowest BCUT2D eigenvalue weighted by Gasteiger charge is -2.13. The lowest BCUT2D eigenvalue weighted by atomic mass is 10.00. The van der Waals surface area contributed by atoms with E-state index in [-0.39, 0.29) is 18.6 Å². The van der Waals surface area contributed by atoms with Crippen molar-refractivity contribution < 1.29 is 19.4 Å². The highest BCUT2D eigenvalue weighted by atomic mass is 19.1. The zero-order valence-electron chi connectivity index (χ0n) is 8.69. The van der Waals surface area contributed by atoms with Gasteiger partial charge in [0.1, 0.15) is 12.4 Å². The number of alkyl halides is 1. The van der Waals surface area contributed by atoms with E-state index >= 15 is 0 Å². The SMILES string of the molecule is NC(CCC(=O)O)c1cc(CF)ccc1O. The summed E-state index contributed by atoms with van der Waals surface area (Å²) in [5.41, 5.74) is 6.52. The quantitative estimate of drug-likeness (QED) is 0.715. The fourth-order valence-corrected chi connectivity index (χ4v) is 1.42. The van der Waals surface area contributed by atoms with E-state index in [0.717, 1.165) is 0 Å². The van der Waals surface area contributed by atoms with E-state index in [1.807, 2.05) is 0 Å². The van der Waals surface area contributed by atoms with Crippen LogP contribution in [-0.4, -0.2) is 16.2 Å².